The summed E-state index contributed by atoms with van der Waals surface area (Å²) in [6.07, 6.45) is 0. The van der Waals surface area contributed by atoms with Crippen molar-refractivity contribution in [2.45, 2.75) is 31.7 Å². The highest BCUT2D eigenvalue weighted by molar-refractivity contribution is 7.99. The summed E-state index contributed by atoms with van der Waals surface area (Å²) in [6.45, 7) is 9.00. The predicted octanol–water partition coefficient (Wildman–Crippen LogP) is 3.18. The van der Waals surface area contributed by atoms with Gasteiger partial charge in [0.05, 0.1) is 0 Å². The van der Waals surface area contributed by atoms with Gasteiger partial charge in [0.1, 0.15) is 13.2 Å². The van der Waals surface area contributed by atoms with E-state index in [1.165, 1.54) is 4.90 Å². The molecule has 0 aromatic heterocycles. The Morgan fingerprint density at radius 1 is 1.16 bits per heavy atom. The molecule has 0 aliphatic carbocycles. The van der Waals surface area contributed by atoms with Crippen LogP contribution in [0.15, 0.2) is 23.1 Å². The van der Waals surface area contributed by atoms with Gasteiger partial charge in [0, 0.05) is 16.7 Å². The third-order valence-electron chi connectivity index (χ3n) is 2.92. The first kappa shape index (κ1) is 14.5. The van der Waals surface area contributed by atoms with Crippen LogP contribution in [0, 0.1) is 5.92 Å². The summed E-state index contributed by atoms with van der Waals surface area (Å²) in [7, 11) is 0. The Morgan fingerprint density at radius 3 is 2.63 bits per heavy atom. The van der Waals surface area contributed by atoms with Gasteiger partial charge in [0.2, 0.25) is 0 Å². The van der Waals surface area contributed by atoms with E-state index in [2.05, 4.69) is 38.2 Å². The molecular formula is C15H23NO2S. The van der Waals surface area contributed by atoms with Crippen LogP contribution in [0.3, 0.4) is 0 Å². The Bertz CT molecular complexity index is 409. The number of hydrogen-bond acceptors (Lipinski definition) is 4. The van der Waals surface area contributed by atoms with Crippen LogP contribution < -0.4 is 14.8 Å². The monoisotopic (exact) mass is 281 g/mol. The van der Waals surface area contributed by atoms with E-state index in [-0.39, 0.29) is 0 Å². The molecule has 1 N–H and O–H groups in total. The molecule has 19 heavy (non-hydrogen) atoms. The molecule has 1 aromatic rings. The molecule has 1 aromatic carbocycles. The van der Waals surface area contributed by atoms with E-state index in [4.69, 9.17) is 9.47 Å². The number of rotatable bonds is 6. The normalized spacial score (nSPS) is 15.6. The Hall–Kier alpha value is -0.870. The van der Waals surface area contributed by atoms with Crippen LogP contribution in [0.4, 0.5) is 0 Å². The summed E-state index contributed by atoms with van der Waals surface area (Å²) in [6, 6.07) is 6.76. The van der Waals surface area contributed by atoms with E-state index in [1.54, 1.807) is 0 Å². The Balaban J connectivity index is 1.82. The van der Waals surface area contributed by atoms with Gasteiger partial charge in [-0.15, -0.1) is 11.8 Å². The maximum absolute atomic E-state index is 5.60. The third-order valence-corrected chi connectivity index (χ3v) is 4.25. The smallest absolute Gasteiger partial charge is 0.162 e. The topological polar surface area (TPSA) is 30.5 Å². The Labute approximate surface area is 120 Å². The van der Waals surface area contributed by atoms with Crippen molar-refractivity contribution >= 4 is 11.8 Å². The van der Waals surface area contributed by atoms with E-state index >= 15 is 0 Å². The first-order valence-electron chi connectivity index (χ1n) is 6.91. The van der Waals surface area contributed by atoms with Crippen molar-refractivity contribution in [2.24, 2.45) is 5.92 Å². The minimum absolute atomic E-state index is 0.557. The molecule has 1 aliphatic heterocycles. The average Bonchev–Trinajstić information content (AvgIpc) is 2.42. The molecule has 1 atom stereocenters. The largest absolute Gasteiger partial charge is 0.486 e. The van der Waals surface area contributed by atoms with E-state index < -0.39 is 0 Å². The quantitative estimate of drug-likeness (QED) is 0.811. The van der Waals surface area contributed by atoms with Gasteiger partial charge in [-0.25, -0.2) is 0 Å². The first-order chi connectivity index (χ1) is 9.15. The van der Waals surface area contributed by atoms with E-state index in [0.29, 0.717) is 25.2 Å². The summed E-state index contributed by atoms with van der Waals surface area (Å²) < 4.78 is 11.1. The fraction of sp³-hybridized carbons (Fsp3) is 0.600. The van der Waals surface area contributed by atoms with Gasteiger partial charge in [-0.2, -0.15) is 0 Å². The summed E-state index contributed by atoms with van der Waals surface area (Å²) in [5, 5.41) is 3.47. The van der Waals surface area contributed by atoms with Crippen LogP contribution >= 0.6 is 11.8 Å². The molecule has 0 saturated carbocycles. The maximum Gasteiger partial charge on any atom is 0.162 e. The van der Waals surface area contributed by atoms with E-state index in [9.17, 15) is 0 Å². The van der Waals surface area contributed by atoms with Crippen molar-refractivity contribution in [3.63, 3.8) is 0 Å². The van der Waals surface area contributed by atoms with Gasteiger partial charge in [-0.1, -0.05) is 20.8 Å². The van der Waals surface area contributed by atoms with Crippen molar-refractivity contribution in [3.8, 4) is 11.5 Å². The second-order valence-corrected chi connectivity index (χ2v) is 6.38. The predicted molar refractivity (Wildman–Crippen MR) is 80.5 cm³/mol. The minimum atomic E-state index is 0.557. The zero-order chi connectivity index (χ0) is 13.7. The van der Waals surface area contributed by atoms with Crippen LogP contribution in [-0.4, -0.2) is 31.6 Å². The third kappa shape index (κ3) is 4.62. The van der Waals surface area contributed by atoms with Crippen LogP contribution in [0.25, 0.3) is 0 Å². The molecule has 4 heteroatoms. The molecule has 0 fully saturated rings. The SMILES string of the molecule is CC(CNC(C)C)CSc1ccc2c(c1)OCCO2. The summed E-state index contributed by atoms with van der Waals surface area (Å²) in [4.78, 5) is 1.25. The molecule has 106 valence electrons. The molecule has 2 rings (SSSR count). The van der Waals surface area contributed by atoms with Crippen molar-refractivity contribution in [1.82, 2.24) is 5.32 Å². The van der Waals surface area contributed by atoms with Gasteiger partial charge in [-0.3, -0.25) is 0 Å². The van der Waals surface area contributed by atoms with Crippen LogP contribution in [0.5, 0.6) is 11.5 Å². The van der Waals surface area contributed by atoms with E-state index in [1.807, 2.05) is 17.8 Å². The minimum Gasteiger partial charge on any atom is -0.486 e. The number of nitrogens with one attached hydrogen (secondary N) is 1. The summed E-state index contributed by atoms with van der Waals surface area (Å²) >= 11 is 1.88. The lowest BCUT2D eigenvalue weighted by atomic mass is 10.2. The zero-order valence-corrected chi connectivity index (χ0v) is 12.8. The highest BCUT2D eigenvalue weighted by atomic mass is 32.2. The summed E-state index contributed by atoms with van der Waals surface area (Å²) in [5.74, 6) is 3.51. The number of benzene rings is 1. The van der Waals surface area contributed by atoms with Gasteiger partial charge in [0.25, 0.3) is 0 Å². The van der Waals surface area contributed by atoms with Crippen molar-refractivity contribution in [2.75, 3.05) is 25.5 Å². The summed E-state index contributed by atoms with van der Waals surface area (Å²) in [5.41, 5.74) is 0. The molecule has 0 amide bonds. The number of thioether (sulfide) groups is 1. The number of hydrogen-bond donors (Lipinski definition) is 1. The molecule has 0 saturated heterocycles. The van der Waals surface area contributed by atoms with Crippen molar-refractivity contribution in [3.05, 3.63) is 18.2 Å². The fourth-order valence-corrected chi connectivity index (χ4v) is 2.80. The fourth-order valence-electron chi connectivity index (χ4n) is 1.85. The van der Waals surface area contributed by atoms with Gasteiger partial charge >= 0.3 is 0 Å². The van der Waals surface area contributed by atoms with Gasteiger partial charge in [-0.05, 0) is 30.7 Å². The van der Waals surface area contributed by atoms with E-state index in [0.717, 1.165) is 23.8 Å². The Morgan fingerprint density at radius 2 is 1.89 bits per heavy atom. The number of ether oxygens (including phenoxy) is 2. The second-order valence-electron chi connectivity index (χ2n) is 5.28. The molecule has 3 nitrogen and oxygen atoms in total. The maximum atomic E-state index is 5.60. The van der Waals surface area contributed by atoms with Crippen molar-refractivity contribution in [1.29, 1.82) is 0 Å². The molecule has 1 heterocycles. The van der Waals surface area contributed by atoms with Crippen molar-refractivity contribution < 1.29 is 9.47 Å². The Kier molecular flexibility index (Phi) is 5.40. The molecule has 0 bridgehead atoms. The lowest BCUT2D eigenvalue weighted by Crippen LogP contribution is -2.28. The average molecular weight is 281 g/mol. The van der Waals surface area contributed by atoms with Crippen LogP contribution in [0.2, 0.25) is 0 Å². The number of fused-ring (bicyclic) bond motifs is 1. The lowest BCUT2D eigenvalue weighted by Gasteiger charge is -2.19. The van der Waals surface area contributed by atoms with Gasteiger partial charge < -0.3 is 14.8 Å². The van der Waals surface area contributed by atoms with Gasteiger partial charge in [0.15, 0.2) is 11.5 Å². The lowest BCUT2D eigenvalue weighted by molar-refractivity contribution is 0.171. The van der Waals surface area contributed by atoms with Crippen LogP contribution in [0.1, 0.15) is 20.8 Å². The second kappa shape index (κ2) is 7.06. The highest BCUT2D eigenvalue weighted by Crippen LogP contribution is 2.34. The first-order valence-corrected chi connectivity index (χ1v) is 7.89. The highest BCUT2D eigenvalue weighted by Gasteiger charge is 2.12. The molecule has 1 unspecified atom stereocenters. The molecule has 0 radical (unpaired) electrons. The standard InChI is InChI=1S/C15H23NO2S/c1-11(2)16-9-12(3)10-19-13-4-5-14-15(8-13)18-7-6-17-14/h4-5,8,11-12,16H,6-7,9-10H2,1-3H3. The molecule has 1 aliphatic rings. The van der Waals surface area contributed by atoms with Crippen LogP contribution in [-0.2, 0) is 0 Å². The molecule has 0 spiro atoms. The zero-order valence-electron chi connectivity index (χ0n) is 11.9. The molecular weight excluding hydrogens is 258 g/mol.